The van der Waals surface area contributed by atoms with E-state index in [1.807, 2.05) is 66.4 Å². The van der Waals surface area contributed by atoms with Crippen LogP contribution in [0.2, 0.25) is 0 Å². The number of hydrogen-bond donors (Lipinski definition) is 2. The van der Waals surface area contributed by atoms with Crippen molar-refractivity contribution in [3.05, 3.63) is 101 Å². The Morgan fingerprint density at radius 3 is 2.41 bits per heavy atom. The van der Waals surface area contributed by atoms with E-state index >= 15 is 0 Å². The number of rotatable bonds is 6. The highest BCUT2D eigenvalue weighted by atomic mass is 16.5. The second-order valence-corrected chi connectivity index (χ2v) is 11.8. The predicted molar refractivity (Wildman–Crippen MR) is 169 cm³/mol. The number of aliphatic hydroxyl groups excluding tert-OH is 1. The third-order valence-corrected chi connectivity index (χ3v) is 8.55. The van der Waals surface area contributed by atoms with E-state index in [9.17, 15) is 19.5 Å². The summed E-state index contributed by atoms with van der Waals surface area (Å²) >= 11 is 0. The molecule has 3 aliphatic rings. The Morgan fingerprint density at radius 2 is 1.64 bits per heavy atom. The topological polar surface area (TPSA) is 99.2 Å². The maximum atomic E-state index is 13.7. The molecule has 6 rings (SSSR count). The summed E-state index contributed by atoms with van der Waals surface area (Å²) in [5.41, 5.74) is 2.74. The molecule has 0 spiro atoms. The standard InChI is InChI=1S/C36H43N3O5/c1-2-19-38-20-6-7-22-44-30-17-15-26(16-18-30)23-32(37-34(41)28-12-8-13-29(24-28)35(38)42)33(40)31-14-9-21-39(36(31)43)25-27-10-4-3-5-11-27/h3-5,8,10-13,15-18,24,31-33,40H,2,6-7,9,14,19-23,25H2,1H3,(H,37,41). The number of ether oxygens (including phenoxy) is 1. The van der Waals surface area contributed by atoms with Crippen molar-refractivity contribution in [2.45, 2.75) is 64.1 Å². The number of carbonyl (C=O) groups excluding carboxylic acids is 3. The van der Waals surface area contributed by atoms with Gasteiger partial charge in [0, 0.05) is 37.3 Å². The van der Waals surface area contributed by atoms with Crippen molar-refractivity contribution in [3.8, 4) is 5.75 Å². The highest BCUT2D eigenvalue weighted by Crippen LogP contribution is 2.27. The molecule has 3 aromatic rings. The molecule has 0 aliphatic carbocycles. The zero-order valence-corrected chi connectivity index (χ0v) is 25.5. The van der Waals surface area contributed by atoms with Crippen molar-refractivity contribution < 1.29 is 24.2 Å². The summed E-state index contributed by atoms with van der Waals surface area (Å²) in [6, 6.07) is 23.5. The smallest absolute Gasteiger partial charge is 0.253 e. The molecule has 3 unspecified atom stereocenters. The van der Waals surface area contributed by atoms with Gasteiger partial charge in [0.05, 0.1) is 24.7 Å². The van der Waals surface area contributed by atoms with Gasteiger partial charge in [0.1, 0.15) is 5.75 Å². The third-order valence-electron chi connectivity index (χ3n) is 8.55. The average Bonchev–Trinajstić information content (AvgIpc) is 3.05. The number of fused-ring (bicyclic) bond motifs is 11. The van der Waals surface area contributed by atoms with Gasteiger partial charge < -0.3 is 25.0 Å². The first-order valence-electron chi connectivity index (χ1n) is 15.9. The fourth-order valence-corrected chi connectivity index (χ4v) is 6.17. The van der Waals surface area contributed by atoms with Crippen LogP contribution in [0.15, 0.2) is 78.9 Å². The molecule has 0 radical (unpaired) electrons. The van der Waals surface area contributed by atoms with Crippen LogP contribution in [-0.4, -0.2) is 71.0 Å². The van der Waals surface area contributed by atoms with E-state index in [4.69, 9.17) is 4.74 Å². The Hall–Kier alpha value is -4.17. The average molecular weight is 598 g/mol. The Kier molecular flexibility index (Phi) is 10.7. The highest BCUT2D eigenvalue weighted by molar-refractivity contribution is 5.99. The van der Waals surface area contributed by atoms with E-state index in [0.717, 1.165) is 42.6 Å². The quantitative estimate of drug-likeness (QED) is 0.423. The molecule has 0 saturated carbocycles. The minimum absolute atomic E-state index is 0.103. The Morgan fingerprint density at radius 1 is 0.886 bits per heavy atom. The Labute approximate surface area is 260 Å². The molecule has 3 atom stereocenters. The van der Waals surface area contributed by atoms with Gasteiger partial charge in [-0.1, -0.05) is 55.5 Å². The lowest BCUT2D eigenvalue weighted by Crippen LogP contribution is -2.53. The molecule has 8 heteroatoms. The normalized spacial score (nSPS) is 20.8. The maximum Gasteiger partial charge on any atom is 0.253 e. The largest absolute Gasteiger partial charge is 0.494 e. The van der Waals surface area contributed by atoms with Crippen molar-refractivity contribution in [2.24, 2.45) is 5.92 Å². The third kappa shape index (κ3) is 7.85. The van der Waals surface area contributed by atoms with Crippen molar-refractivity contribution in [2.75, 3.05) is 26.2 Å². The second kappa shape index (κ2) is 15.0. The van der Waals surface area contributed by atoms with Crippen LogP contribution in [0, 0.1) is 5.92 Å². The lowest BCUT2D eigenvalue weighted by Gasteiger charge is -2.37. The summed E-state index contributed by atoms with van der Waals surface area (Å²) in [4.78, 5) is 44.4. The summed E-state index contributed by atoms with van der Waals surface area (Å²) in [5.74, 6) is -0.508. The fourth-order valence-electron chi connectivity index (χ4n) is 6.17. The second-order valence-electron chi connectivity index (χ2n) is 11.8. The van der Waals surface area contributed by atoms with Crippen LogP contribution in [0.1, 0.15) is 70.9 Å². The number of nitrogens with zero attached hydrogens (tertiary/aromatic N) is 2. The molecule has 3 amide bonds. The van der Waals surface area contributed by atoms with Crippen LogP contribution >= 0.6 is 0 Å². The molecule has 1 saturated heterocycles. The van der Waals surface area contributed by atoms with Crippen LogP contribution in [0.4, 0.5) is 0 Å². The lowest BCUT2D eigenvalue weighted by molar-refractivity contribution is -0.144. The van der Waals surface area contributed by atoms with Gasteiger partial charge in [-0.25, -0.2) is 0 Å². The van der Waals surface area contributed by atoms with E-state index < -0.39 is 24.0 Å². The monoisotopic (exact) mass is 597 g/mol. The summed E-state index contributed by atoms with van der Waals surface area (Å²) in [6.45, 7) is 4.93. The molecular formula is C36H43N3O5. The Balaban J connectivity index is 1.41. The number of hydrogen-bond acceptors (Lipinski definition) is 5. The number of amides is 3. The predicted octanol–water partition coefficient (Wildman–Crippen LogP) is 4.85. The van der Waals surface area contributed by atoms with Crippen molar-refractivity contribution >= 4 is 17.7 Å². The molecule has 1 fully saturated rings. The molecule has 3 aromatic carbocycles. The molecule has 232 valence electrons. The van der Waals surface area contributed by atoms with Gasteiger partial charge in [-0.3, -0.25) is 14.4 Å². The number of nitrogens with one attached hydrogen (secondary N) is 1. The van der Waals surface area contributed by atoms with Gasteiger partial charge in [-0.15, -0.1) is 0 Å². The van der Waals surface area contributed by atoms with E-state index in [-0.39, 0.29) is 11.8 Å². The first-order chi connectivity index (χ1) is 21.4. The first kappa shape index (κ1) is 31.3. The Bertz CT molecular complexity index is 1410. The van der Waals surface area contributed by atoms with Crippen LogP contribution < -0.4 is 10.1 Å². The summed E-state index contributed by atoms with van der Waals surface area (Å²) in [5, 5.41) is 14.8. The van der Waals surface area contributed by atoms with Gasteiger partial charge in [-0.05, 0) is 80.0 Å². The molecule has 0 aromatic heterocycles. The van der Waals surface area contributed by atoms with Gasteiger partial charge in [0.2, 0.25) is 5.91 Å². The number of carbonyl (C=O) groups is 3. The van der Waals surface area contributed by atoms with Crippen molar-refractivity contribution in [1.29, 1.82) is 0 Å². The summed E-state index contributed by atoms with van der Waals surface area (Å²) < 4.78 is 5.95. The first-order valence-corrected chi connectivity index (χ1v) is 15.9. The van der Waals surface area contributed by atoms with Crippen LogP contribution in [-0.2, 0) is 17.8 Å². The molecule has 3 aliphatic heterocycles. The van der Waals surface area contributed by atoms with Gasteiger partial charge in [0.15, 0.2) is 0 Å². The maximum absolute atomic E-state index is 13.7. The molecule has 4 bridgehead atoms. The SMILES string of the molecule is CCCN1CCCCOc2ccc(cc2)CC(C(O)C2CCCN(Cc3ccccc3)C2=O)NC(=O)c2cccc(c2)C1=O. The number of likely N-dealkylation sites (tertiary alicyclic amines) is 1. The van der Waals surface area contributed by atoms with Crippen LogP contribution in [0.5, 0.6) is 5.75 Å². The number of benzene rings is 3. The van der Waals surface area contributed by atoms with Crippen LogP contribution in [0.25, 0.3) is 0 Å². The van der Waals surface area contributed by atoms with E-state index in [1.165, 1.54) is 0 Å². The summed E-state index contributed by atoms with van der Waals surface area (Å²) in [7, 11) is 0. The van der Waals surface area contributed by atoms with Crippen LogP contribution in [0.3, 0.4) is 0 Å². The van der Waals surface area contributed by atoms with E-state index in [2.05, 4.69) is 5.32 Å². The molecule has 3 heterocycles. The van der Waals surface area contributed by atoms with Gasteiger partial charge in [-0.2, -0.15) is 0 Å². The zero-order valence-electron chi connectivity index (χ0n) is 25.5. The van der Waals surface area contributed by atoms with E-state index in [1.54, 1.807) is 29.2 Å². The minimum atomic E-state index is -1.10. The summed E-state index contributed by atoms with van der Waals surface area (Å²) in [6.07, 6.45) is 2.99. The van der Waals surface area contributed by atoms with Gasteiger partial charge in [0.25, 0.3) is 11.8 Å². The molecule has 8 nitrogen and oxygen atoms in total. The molecule has 44 heavy (non-hydrogen) atoms. The van der Waals surface area contributed by atoms with Crippen molar-refractivity contribution in [3.63, 3.8) is 0 Å². The number of piperidine rings is 1. The van der Waals surface area contributed by atoms with Crippen molar-refractivity contribution in [1.82, 2.24) is 15.1 Å². The fraction of sp³-hybridized carbons (Fsp3) is 0.417. The molecule has 2 N–H and O–H groups in total. The lowest BCUT2D eigenvalue weighted by atomic mass is 9.85. The minimum Gasteiger partial charge on any atom is -0.494 e. The number of aliphatic hydroxyl groups is 1. The zero-order chi connectivity index (χ0) is 30.9. The highest BCUT2D eigenvalue weighted by Gasteiger charge is 2.38. The van der Waals surface area contributed by atoms with E-state index in [0.29, 0.717) is 56.8 Å². The molecular weight excluding hydrogens is 554 g/mol. The van der Waals surface area contributed by atoms with Gasteiger partial charge >= 0.3 is 0 Å².